The van der Waals surface area contributed by atoms with Crippen LogP contribution in [-0.4, -0.2) is 25.8 Å². The van der Waals surface area contributed by atoms with E-state index in [1.807, 2.05) is 0 Å². The molecule has 26 heavy (non-hydrogen) atoms. The number of rotatable bonds is 5. The van der Waals surface area contributed by atoms with Crippen LogP contribution in [0.1, 0.15) is 17.3 Å². The molecule has 0 fully saturated rings. The number of halogens is 3. The van der Waals surface area contributed by atoms with Crippen LogP contribution >= 0.6 is 34.8 Å². The van der Waals surface area contributed by atoms with Gasteiger partial charge in [-0.25, -0.2) is 9.59 Å². The first-order chi connectivity index (χ1) is 12.3. The van der Waals surface area contributed by atoms with Gasteiger partial charge in [0.1, 0.15) is 0 Å². The van der Waals surface area contributed by atoms with Crippen LogP contribution in [0, 0.1) is 0 Å². The first-order valence-corrected chi connectivity index (χ1v) is 8.38. The highest BCUT2D eigenvalue weighted by atomic mass is 35.5. The normalized spacial score (nSPS) is 10.2. The van der Waals surface area contributed by atoms with Crippen LogP contribution in [0.15, 0.2) is 30.3 Å². The zero-order valence-corrected chi connectivity index (χ0v) is 15.9. The molecule has 2 aromatic rings. The van der Waals surface area contributed by atoms with Crippen molar-refractivity contribution in [3.05, 3.63) is 51.0 Å². The Morgan fingerprint density at radius 2 is 1.58 bits per heavy atom. The Hall–Kier alpha value is -2.15. The molecule has 0 N–H and O–H groups in total. The smallest absolute Gasteiger partial charge is 0.493 e. The molecule has 0 spiro atoms. The molecule has 0 saturated heterocycles. The van der Waals surface area contributed by atoms with Gasteiger partial charge >= 0.3 is 12.1 Å². The Bertz CT molecular complexity index is 837. The van der Waals surface area contributed by atoms with Crippen LogP contribution in [0.2, 0.25) is 15.1 Å². The lowest BCUT2D eigenvalue weighted by molar-refractivity contribution is 0.0734. The van der Waals surface area contributed by atoms with E-state index in [1.54, 1.807) is 6.92 Å². The molecule has 0 aliphatic heterocycles. The topological polar surface area (TPSA) is 71.1 Å². The van der Waals surface area contributed by atoms with Crippen molar-refractivity contribution in [1.82, 2.24) is 0 Å². The molecule has 138 valence electrons. The molecule has 6 nitrogen and oxygen atoms in total. The number of benzene rings is 2. The van der Waals surface area contributed by atoms with Gasteiger partial charge in [-0.15, -0.1) is 0 Å². The minimum atomic E-state index is -0.885. The third kappa shape index (κ3) is 4.94. The molecule has 0 unspecified atom stereocenters. The Morgan fingerprint density at radius 3 is 2.23 bits per heavy atom. The number of hydrogen-bond acceptors (Lipinski definition) is 6. The molecular weight excluding hydrogens is 407 g/mol. The van der Waals surface area contributed by atoms with Crippen molar-refractivity contribution in [2.75, 3.05) is 13.7 Å². The number of methoxy groups -OCH3 is 1. The molecule has 0 amide bonds. The van der Waals surface area contributed by atoms with Gasteiger partial charge in [0.15, 0.2) is 17.2 Å². The molecule has 0 aromatic heterocycles. The molecule has 0 heterocycles. The van der Waals surface area contributed by atoms with Crippen LogP contribution in [0.3, 0.4) is 0 Å². The Morgan fingerprint density at radius 1 is 0.885 bits per heavy atom. The highest BCUT2D eigenvalue weighted by Gasteiger charge is 2.17. The van der Waals surface area contributed by atoms with Crippen LogP contribution in [-0.2, 0) is 4.74 Å². The van der Waals surface area contributed by atoms with E-state index in [-0.39, 0.29) is 44.5 Å². The maximum atomic E-state index is 12.3. The van der Waals surface area contributed by atoms with Gasteiger partial charge in [-0.1, -0.05) is 34.8 Å². The van der Waals surface area contributed by atoms with Crippen molar-refractivity contribution in [2.24, 2.45) is 0 Å². The van der Waals surface area contributed by atoms with E-state index in [9.17, 15) is 9.59 Å². The minimum Gasteiger partial charge on any atom is -0.493 e. The predicted molar refractivity (Wildman–Crippen MR) is 97.1 cm³/mol. The molecule has 2 rings (SSSR count). The fraction of sp³-hybridized carbons (Fsp3) is 0.176. The largest absolute Gasteiger partial charge is 0.513 e. The molecular formula is C17H13Cl3O6. The van der Waals surface area contributed by atoms with Crippen molar-refractivity contribution in [3.8, 4) is 17.2 Å². The van der Waals surface area contributed by atoms with Gasteiger partial charge in [-0.3, -0.25) is 0 Å². The fourth-order valence-corrected chi connectivity index (χ4v) is 2.43. The molecule has 0 atom stereocenters. The quantitative estimate of drug-likeness (QED) is 0.279. The van der Waals surface area contributed by atoms with Crippen LogP contribution < -0.4 is 14.2 Å². The average molecular weight is 420 g/mol. The summed E-state index contributed by atoms with van der Waals surface area (Å²) in [7, 11) is 1.36. The third-order valence-electron chi connectivity index (χ3n) is 3.03. The summed E-state index contributed by atoms with van der Waals surface area (Å²) < 4.78 is 20.0. The summed E-state index contributed by atoms with van der Waals surface area (Å²) in [5.74, 6) is -0.425. The van der Waals surface area contributed by atoms with Crippen molar-refractivity contribution in [2.45, 2.75) is 6.92 Å². The highest BCUT2D eigenvalue weighted by molar-refractivity contribution is 6.43. The molecule has 0 aliphatic rings. The van der Waals surface area contributed by atoms with Crippen molar-refractivity contribution in [3.63, 3.8) is 0 Å². The van der Waals surface area contributed by atoms with E-state index in [1.165, 1.54) is 37.4 Å². The van der Waals surface area contributed by atoms with Crippen molar-refractivity contribution < 1.29 is 28.5 Å². The average Bonchev–Trinajstić information content (AvgIpc) is 2.60. The summed E-state index contributed by atoms with van der Waals surface area (Å²) >= 11 is 17.7. The second-order valence-corrected chi connectivity index (χ2v) is 5.96. The number of hydrogen-bond donors (Lipinski definition) is 0. The Labute approximate surface area is 164 Å². The number of carbonyl (C=O) groups is 2. The summed E-state index contributed by atoms with van der Waals surface area (Å²) in [6.07, 6.45) is -0.885. The van der Waals surface area contributed by atoms with E-state index < -0.39 is 12.1 Å². The van der Waals surface area contributed by atoms with E-state index in [2.05, 4.69) is 4.74 Å². The molecule has 2 aromatic carbocycles. The van der Waals surface area contributed by atoms with E-state index in [0.717, 1.165) is 0 Å². The minimum absolute atomic E-state index is 0.0527. The lowest BCUT2D eigenvalue weighted by Crippen LogP contribution is -2.12. The highest BCUT2D eigenvalue weighted by Crippen LogP contribution is 2.35. The second kappa shape index (κ2) is 8.98. The summed E-state index contributed by atoms with van der Waals surface area (Å²) in [6, 6.07) is 6.82. The Balaban J connectivity index is 2.22. The van der Waals surface area contributed by atoms with Crippen molar-refractivity contribution >= 4 is 46.9 Å². The van der Waals surface area contributed by atoms with Crippen LogP contribution in [0.4, 0.5) is 4.79 Å². The lowest BCUT2D eigenvalue weighted by atomic mass is 10.2. The molecule has 0 bridgehead atoms. The summed E-state index contributed by atoms with van der Waals surface area (Å²) in [6.45, 7) is 1.81. The van der Waals surface area contributed by atoms with Gasteiger partial charge in [-0.05, 0) is 31.2 Å². The first-order valence-electron chi connectivity index (χ1n) is 7.25. The predicted octanol–water partition coefficient (Wildman–Crippen LogP) is 5.41. The summed E-state index contributed by atoms with van der Waals surface area (Å²) in [4.78, 5) is 23.7. The monoisotopic (exact) mass is 418 g/mol. The van der Waals surface area contributed by atoms with Gasteiger partial charge in [0.2, 0.25) is 0 Å². The van der Waals surface area contributed by atoms with Crippen molar-refractivity contribution in [1.29, 1.82) is 0 Å². The summed E-state index contributed by atoms with van der Waals surface area (Å²) in [5.41, 5.74) is 0.139. The van der Waals surface area contributed by atoms with E-state index >= 15 is 0 Å². The van der Waals surface area contributed by atoms with Gasteiger partial charge in [0.05, 0.1) is 34.3 Å². The second-order valence-electron chi connectivity index (χ2n) is 4.74. The maximum Gasteiger partial charge on any atom is 0.513 e. The van der Waals surface area contributed by atoms with Crippen LogP contribution in [0.25, 0.3) is 0 Å². The van der Waals surface area contributed by atoms with Crippen LogP contribution in [0.5, 0.6) is 17.2 Å². The van der Waals surface area contributed by atoms with Gasteiger partial charge in [0, 0.05) is 6.07 Å². The molecule has 0 saturated carbocycles. The SMILES string of the molecule is CCOC(=O)Oc1ccc(C(=O)Oc2cc(Cl)c(Cl)cc2Cl)cc1OC. The van der Waals surface area contributed by atoms with Gasteiger partial charge < -0.3 is 18.9 Å². The molecule has 0 radical (unpaired) electrons. The zero-order valence-electron chi connectivity index (χ0n) is 13.7. The third-order valence-corrected chi connectivity index (χ3v) is 4.05. The first kappa shape index (κ1) is 20.2. The van der Waals surface area contributed by atoms with Gasteiger partial charge in [0.25, 0.3) is 0 Å². The maximum absolute atomic E-state index is 12.3. The zero-order chi connectivity index (χ0) is 19.3. The van der Waals surface area contributed by atoms with E-state index in [0.29, 0.717) is 0 Å². The molecule has 0 aliphatic carbocycles. The fourth-order valence-electron chi connectivity index (χ4n) is 1.86. The number of esters is 1. The molecule has 9 heteroatoms. The van der Waals surface area contributed by atoms with Gasteiger partial charge in [-0.2, -0.15) is 0 Å². The number of carbonyl (C=O) groups excluding carboxylic acids is 2. The standard InChI is InChI=1S/C17H13Cl3O6/c1-3-24-17(22)26-13-5-4-9(6-15(13)23-2)16(21)25-14-8-11(19)10(18)7-12(14)20/h4-8H,3H2,1-2H3. The Kier molecular flexibility index (Phi) is 6.97. The number of ether oxygens (including phenoxy) is 4. The summed E-state index contributed by atoms with van der Waals surface area (Å²) in [5, 5.41) is 0.551. The lowest BCUT2D eigenvalue weighted by Gasteiger charge is -2.11. The van der Waals surface area contributed by atoms with E-state index in [4.69, 9.17) is 49.0 Å².